The van der Waals surface area contributed by atoms with Crippen LogP contribution in [0.25, 0.3) is 10.8 Å². The van der Waals surface area contributed by atoms with Crippen molar-refractivity contribution in [3.05, 3.63) is 78.9 Å². The molecule has 3 rings (SSSR count). The molecule has 0 spiro atoms. The number of rotatable bonds is 1. The van der Waals surface area contributed by atoms with Crippen LogP contribution in [0.1, 0.15) is 0 Å². The van der Waals surface area contributed by atoms with Gasteiger partial charge in [-0.25, -0.2) is 0 Å². The van der Waals surface area contributed by atoms with Crippen molar-refractivity contribution in [1.82, 2.24) is 0 Å². The smallest absolute Gasteiger partial charge is 0.0360 e. The third-order valence-electron chi connectivity index (χ3n) is 2.93. The molecule has 1 heteroatoms. The predicted octanol–water partition coefficient (Wildman–Crippen LogP) is 4.59. The molecule has 0 aliphatic heterocycles. The largest absolute Gasteiger partial charge is 0.378 e. The van der Waals surface area contributed by atoms with Gasteiger partial charge in [0.2, 0.25) is 0 Å². The van der Waals surface area contributed by atoms with Gasteiger partial charge in [0.15, 0.2) is 0 Å². The first-order valence-corrected chi connectivity index (χ1v) is 6.43. The molecule has 0 aliphatic carbocycles. The molecule has 19 heavy (non-hydrogen) atoms. The second-order valence-corrected chi connectivity index (χ2v) is 4.58. The second-order valence-electron chi connectivity index (χ2n) is 4.58. The van der Waals surface area contributed by atoms with Crippen LogP contribution in [-0.4, -0.2) is 14.1 Å². The molecule has 0 radical (unpaired) electrons. The number of fused-ring (bicyclic) bond motifs is 1. The molecule has 0 heterocycles. The molecular weight excluding hydrogens is 230 g/mol. The van der Waals surface area contributed by atoms with E-state index in [4.69, 9.17) is 0 Å². The van der Waals surface area contributed by atoms with Crippen LogP contribution in [0, 0.1) is 0 Å². The molecule has 1 nitrogen and oxygen atoms in total. The summed E-state index contributed by atoms with van der Waals surface area (Å²) in [5.41, 5.74) is 1.25. The monoisotopic (exact) mass is 249 g/mol. The standard InChI is InChI=1S/C10H8.C8H11N/c1-2-6-10-8-4-3-7-9(10)5-1;1-9(2)8-6-4-3-5-7-8/h1-8H;3-7H,1-2H3. The summed E-state index contributed by atoms with van der Waals surface area (Å²) < 4.78 is 0. The van der Waals surface area contributed by atoms with Crippen LogP contribution < -0.4 is 4.90 Å². The summed E-state index contributed by atoms with van der Waals surface area (Å²) in [5, 5.41) is 2.62. The lowest BCUT2D eigenvalue weighted by molar-refractivity contribution is 1.13. The van der Waals surface area contributed by atoms with Crippen molar-refractivity contribution in [2.45, 2.75) is 0 Å². The van der Waals surface area contributed by atoms with E-state index < -0.39 is 0 Å². The van der Waals surface area contributed by atoms with Crippen LogP contribution in [0.5, 0.6) is 0 Å². The first-order chi connectivity index (χ1) is 9.27. The summed E-state index contributed by atoms with van der Waals surface area (Å²) in [6, 6.07) is 27.0. The fourth-order valence-corrected chi connectivity index (χ4v) is 1.86. The highest BCUT2D eigenvalue weighted by atomic mass is 15.1. The molecule has 0 aliphatic rings. The summed E-state index contributed by atoms with van der Waals surface area (Å²) in [6.45, 7) is 0. The average molecular weight is 249 g/mol. The van der Waals surface area contributed by atoms with Crippen molar-refractivity contribution in [2.24, 2.45) is 0 Å². The minimum Gasteiger partial charge on any atom is -0.378 e. The Hall–Kier alpha value is -2.28. The maximum atomic E-state index is 2.12. The normalized spacial score (nSPS) is 9.58. The zero-order valence-corrected chi connectivity index (χ0v) is 11.5. The average Bonchev–Trinajstić information content (AvgIpc) is 2.49. The second kappa shape index (κ2) is 6.60. The topological polar surface area (TPSA) is 3.24 Å². The minimum atomic E-state index is 1.25. The molecule has 0 unspecified atom stereocenters. The number of benzene rings is 3. The van der Waals surface area contributed by atoms with Crippen molar-refractivity contribution in [1.29, 1.82) is 0 Å². The van der Waals surface area contributed by atoms with E-state index in [1.807, 2.05) is 32.3 Å². The van der Waals surface area contributed by atoms with Crippen molar-refractivity contribution < 1.29 is 0 Å². The molecule has 0 N–H and O–H groups in total. The zero-order valence-electron chi connectivity index (χ0n) is 11.5. The Morgan fingerprint density at radius 1 is 0.526 bits per heavy atom. The number of nitrogens with zero attached hydrogens (tertiary/aromatic N) is 1. The Morgan fingerprint density at radius 2 is 0.895 bits per heavy atom. The fraction of sp³-hybridized carbons (Fsp3) is 0.111. The SMILES string of the molecule is CN(C)c1ccccc1.c1ccc2ccccc2c1. The van der Waals surface area contributed by atoms with Crippen LogP contribution in [-0.2, 0) is 0 Å². The number of anilines is 1. The van der Waals surface area contributed by atoms with E-state index in [9.17, 15) is 0 Å². The molecule has 3 aromatic rings. The van der Waals surface area contributed by atoms with Crippen LogP contribution in [0.3, 0.4) is 0 Å². The van der Waals surface area contributed by atoms with Gasteiger partial charge < -0.3 is 4.90 Å². The molecule has 0 bridgehead atoms. The summed E-state index contributed by atoms with van der Waals surface area (Å²) in [5.74, 6) is 0. The molecule has 0 saturated heterocycles. The lowest BCUT2D eigenvalue weighted by atomic mass is 10.1. The third-order valence-corrected chi connectivity index (χ3v) is 2.93. The van der Waals surface area contributed by atoms with Gasteiger partial charge in [-0.3, -0.25) is 0 Å². The Labute approximate surface area is 115 Å². The number of para-hydroxylation sites is 1. The number of hydrogen-bond acceptors (Lipinski definition) is 1. The summed E-state index contributed by atoms with van der Waals surface area (Å²) in [4.78, 5) is 2.08. The molecule has 96 valence electrons. The van der Waals surface area contributed by atoms with Crippen LogP contribution >= 0.6 is 0 Å². The zero-order chi connectivity index (χ0) is 13.5. The molecule has 0 fully saturated rings. The quantitative estimate of drug-likeness (QED) is 0.609. The maximum absolute atomic E-state index is 2.12. The van der Waals surface area contributed by atoms with Crippen molar-refractivity contribution in [3.63, 3.8) is 0 Å². The fourth-order valence-electron chi connectivity index (χ4n) is 1.86. The lowest BCUT2D eigenvalue weighted by Crippen LogP contribution is -2.07. The Balaban J connectivity index is 0.000000141. The van der Waals surface area contributed by atoms with Crippen molar-refractivity contribution in [3.8, 4) is 0 Å². The maximum Gasteiger partial charge on any atom is 0.0360 e. The first-order valence-electron chi connectivity index (χ1n) is 6.43. The van der Waals surface area contributed by atoms with E-state index in [0.29, 0.717) is 0 Å². The van der Waals surface area contributed by atoms with Gasteiger partial charge in [-0.05, 0) is 22.9 Å². The highest BCUT2D eigenvalue weighted by Crippen LogP contribution is 2.11. The Bertz CT molecular complexity index is 549. The van der Waals surface area contributed by atoms with E-state index in [0.717, 1.165) is 0 Å². The van der Waals surface area contributed by atoms with Gasteiger partial charge in [-0.2, -0.15) is 0 Å². The van der Waals surface area contributed by atoms with Gasteiger partial charge in [0.25, 0.3) is 0 Å². The lowest BCUT2D eigenvalue weighted by Gasteiger charge is -2.10. The highest BCUT2D eigenvalue weighted by molar-refractivity contribution is 5.81. The van der Waals surface area contributed by atoms with E-state index in [1.165, 1.54) is 16.5 Å². The summed E-state index contributed by atoms with van der Waals surface area (Å²) in [7, 11) is 4.07. The molecule has 3 aromatic carbocycles. The van der Waals surface area contributed by atoms with E-state index >= 15 is 0 Å². The van der Waals surface area contributed by atoms with Gasteiger partial charge in [0.1, 0.15) is 0 Å². The van der Waals surface area contributed by atoms with Crippen LogP contribution in [0.15, 0.2) is 78.9 Å². The van der Waals surface area contributed by atoms with Gasteiger partial charge in [-0.15, -0.1) is 0 Å². The van der Waals surface area contributed by atoms with E-state index in [1.54, 1.807) is 0 Å². The van der Waals surface area contributed by atoms with Crippen molar-refractivity contribution >= 4 is 16.5 Å². The minimum absolute atomic E-state index is 1.25. The first kappa shape index (κ1) is 13.2. The molecular formula is C18H19N. The van der Waals surface area contributed by atoms with Gasteiger partial charge >= 0.3 is 0 Å². The summed E-state index contributed by atoms with van der Waals surface area (Å²) in [6.07, 6.45) is 0. The van der Waals surface area contributed by atoms with E-state index in [-0.39, 0.29) is 0 Å². The predicted molar refractivity (Wildman–Crippen MR) is 84.7 cm³/mol. The Morgan fingerprint density at radius 3 is 1.21 bits per heavy atom. The van der Waals surface area contributed by atoms with Gasteiger partial charge in [0.05, 0.1) is 0 Å². The van der Waals surface area contributed by atoms with Crippen molar-refractivity contribution in [2.75, 3.05) is 19.0 Å². The molecule has 0 aromatic heterocycles. The Kier molecular flexibility index (Phi) is 4.57. The van der Waals surface area contributed by atoms with Crippen LogP contribution in [0.2, 0.25) is 0 Å². The molecule has 0 atom stereocenters. The van der Waals surface area contributed by atoms with E-state index in [2.05, 4.69) is 65.6 Å². The third kappa shape index (κ3) is 3.85. The van der Waals surface area contributed by atoms with Crippen LogP contribution in [0.4, 0.5) is 5.69 Å². The van der Waals surface area contributed by atoms with Gasteiger partial charge in [-0.1, -0.05) is 66.7 Å². The van der Waals surface area contributed by atoms with Gasteiger partial charge in [0, 0.05) is 19.8 Å². The molecule has 0 amide bonds. The number of hydrogen-bond donors (Lipinski definition) is 0. The summed E-state index contributed by atoms with van der Waals surface area (Å²) >= 11 is 0. The highest BCUT2D eigenvalue weighted by Gasteiger charge is 1.87. The molecule has 0 saturated carbocycles.